The van der Waals surface area contributed by atoms with Gasteiger partial charge in [-0.25, -0.2) is 0 Å². The molecule has 2 rings (SSSR count). The highest BCUT2D eigenvalue weighted by atomic mass is 79.9. The molecule has 0 aromatic heterocycles. The van der Waals surface area contributed by atoms with Gasteiger partial charge in [-0.3, -0.25) is 4.79 Å². The highest BCUT2D eigenvalue weighted by Crippen LogP contribution is 2.40. The molecule has 0 spiro atoms. The largest absolute Gasteiger partial charge is 0.481 e. The third-order valence-electron chi connectivity index (χ3n) is 3.71. The van der Waals surface area contributed by atoms with Gasteiger partial charge in [0.1, 0.15) is 0 Å². The quantitative estimate of drug-likeness (QED) is 0.915. The van der Waals surface area contributed by atoms with Crippen LogP contribution in [-0.2, 0) is 10.2 Å². The zero-order chi connectivity index (χ0) is 14.0. The summed E-state index contributed by atoms with van der Waals surface area (Å²) in [7, 11) is 0. The lowest BCUT2D eigenvalue weighted by atomic mass is 9.80. The minimum Gasteiger partial charge on any atom is -0.481 e. The van der Waals surface area contributed by atoms with Crippen molar-refractivity contribution in [1.82, 2.24) is 0 Å². The van der Waals surface area contributed by atoms with Crippen molar-refractivity contribution in [2.24, 2.45) is 0 Å². The summed E-state index contributed by atoms with van der Waals surface area (Å²) in [6.45, 7) is 6.13. The number of nitrogens with zero attached hydrogens (tertiary/aromatic N) is 1. The smallest absolute Gasteiger partial charge is 0.304 e. The molecule has 4 heteroatoms. The molecule has 0 bridgehead atoms. The Morgan fingerprint density at radius 3 is 2.58 bits per heavy atom. The van der Waals surface area contributed by atoms with Gasteiger partial charge >= 0.3 is 5.97 Å². The summed E-state index contributed by atoms with van der Waals surface area (Å²) in [5.41, 5.74) is 1.90. The monoisotopic (exact) mass is 325 g/mol. The van der Waals surface area contributed by atoms with E-state index in [-0.39, 0.29) is 11.8 Å². The summed E-state index contributed by atoms with van der Waals surface area (Å²) in [6.07, 6.45) is 2.56. The van der Waals surface area contributed by atoms with Gasteiger partial charge in [-0.15, -0.1) is 0 Å². The molecule has 0 amide bonds. The lowest BCUT2D eigenvalue weighted by Gasteiger charge is -2.31. The SMILES string of the molecule is CC(C)(CC(=O)O)c1c(Br)cccc1N1CCCC1. The van der Waals surface area contributed by atoms with Crippen molar-refractivity contribution in [1.29, 1.82) is 0 Å². The van der Waals surface area contributed by atoms with Gasteiger partial charge in [-0.1, -0.05) is 35.8 Å². The predicted octanol–water partition coefficient (Wildman–Crippen LogP) is 3.80. The van der Waals surface area contributed by atoms with Gasteiger partial charge in [-0.2, -0.15) is 0 Å². The highest BCUT2D eigenvalue weighted by Gasteiger charge is 2.31. The topological polar surface area (TPSA) is 40.5 Å². The fourth-order valence-electron chi connectivity index (χ4n) is 2.87. The van der Waals surface area contributed by atoms with Crippen molar-refractivity contribution >= 4 is 27.6 Å². The number of aliphatic carboxylic acids is 1. The van der Waals surface area contributed by atoms with Crippen LogP contribution in [0.5, 0.6) is 0 Å². The molecule has 1 N–H and O–H groups in total. The number of anilines is 1. The van der Waals surface area contributed by atoms with Crippen LogP contribution in [0.25, 0.3) is 0 Å². The first-order valence-corrected chi connectivity index (χ1v) is 7.47. The molecule has 0 atom stereocenters. The van der Waals surface area contributed by atoms with Gasteiger partial charge in [0.2, 0.25) is 0 Å². The molecule has 1 aromatic carbocycles. The molecule has 1 aliphatic heterocycles. The van der Waals surface area contributed by atoms with E-state index >= 15 is 0 Å². The van der Waals surface area contributed by atoms with E-state index in [0.717, 1.165) is 23.1 Å². The van der Waals surface area contributed by atoms with Crippen molar-refractivity contribution in [3.63, 3.8) is 0 Å². The lowest BCUT2D eigenvalue weighted by molar-refractivity contribution is -0.138. The van der Waals surface area contributed by atoms with E-state index in [2.05, 4.69) is 26.9 Å². The van der Waals surface area contributed by atoms with Crippen LogP contribution >= 0.6 is 15.9 Å². The second-order valence-corrected chi connectivity index (χ2v) is 6.64. The van der Waals surface area contributed by atoms with Gasteiger partial charge in [0, 0.05) is 28.7 Å². The van der Waals surface area contributed by atoms with Crippen LogP contribution in [0.4, 0.5) is 5.69 Å². The van der Waals surface area contributed by atoms with Crippen molar-refractivity contribution in [3.05, 3.63) is 28.2 Å². The Morgan fingerprint density at radius 2 is 2.00 bits per heavy atom. The molecule has 1 aromatic rings. The number of hydrogen-bond donors (Lipinski definition) is 1. The van der Waals surface area contributed by atoms with E-state index in [1.165, 1.54) is 18.5 Å². The van der Waals surface area contributed by atoms with Crippen LogP contribution in [0.2, 0.25) is 0 Å². The number of halogens is 1. The van der Waals surface area contributed by atoms with Crippen LogP contribution in [-0.4, -0.2) is 24.2 Å². The molecular weight excluding hydrogens is 306 g/mol. The molecule has 1 heterocycles. The number of carbonyl (C=O) groups is 1. The van der Waals surface area contributed by atoms with Gasteiger partial charge < -0.3 is 10.0 Å². The fraction of sp³-hybridized carbons (Fsp3) is 0.533. The zero-order valence-corrected chi connectivity index (χ0v) is 13.0. The van der Waals surface area contributed by atoms with Crippen LogP contribution in [0, 0.1) is 0 Å². The normalized spacial score (nSPS) is 15.8. The Bertz CT molecular complexity index is 479. The van der Waals surface area contributed by atoms with Crippen LogP contribution in [0.1, 0.15) is 38.7 Å². The minimum absolute atomic E-state index is 0.135. The fourth-order valence-corrected chi connectivity index (χ4v) is 3.76. The Balaban J connectivity index is 2.45. The minimum atomic E-state index is -0.756. The molecule has 104 valence electrons. The second-order valence-electron chi connectivity index (χ2n) is 5.78. The number of benzene rings is 1. The van der Waals surface area contributed by atoms with Gasteiger partial charge in [0.05, 0.1) is 6.42 Å². The van der Waals surface area contributed by atoms with Gasteiger partial charge in [0.25, 0.3) is 0 Å². The average Bonchev–Trinajstić information content (AvgIpc) is 2.79. The van der Waals surface area contributed by atoms with E-state index in [1.54, 1.807) is 0 Å². The Labute approximate surface area is 122 Å². The maximum Gasteiger partial charge on any atom is 0.304 e. The summed E-state index contributed by atoms with van der Waals surface area (Å²) < 4.78 is 1.00. The molecule has 0 radical (unpaired) electrons. The molecule has 1 aliphatic rings. The van der Waals surface area contributed by atoms with E-state index in [1.807, 2.05) is 26.0 Å². The summed E-state index contributed by atoms with van der Waals surface area (Å²) in [5, 5.41) is 9.13. The van der Waals surface area contributed by atoms with Crippen LogP contribution in [0.15, 0.2) is 22.7 Å². The summed E-state index contributed by atoms with van der Waals surface area (Å²) in [5.74, 6) is -0.756. The van der Waals surface area contributed by atoms with E-state index in [4.69, 9.17) is 5.11 Å². The number of rotatable bonds is 4. The van der Waals surface area contributed by atoms with E-state index < -0.39 is 5.97 Å². The molecule has 3 nitrogen and oxygen atoms in total. The van der Waals surface area contributed by atoms with Gasteiger partial charge in [0.15, 0.2) is 0 Å². The Hall–Kier alpha value is -1.03. The molecule has 1 saturated heterocycles. The van der Waals surface area contributed by atoms with Crippen molar-refractivity contribution in [2.75, 3.05) is 18.0 Å². The average molecular weight is 326 g/mol. The lowest BCUT2D eigenvalue weighted by Crippen LogP contribution is -2.27. The number of carboxylic acid groups (broad SMARTS) is 1. The van der Waals surface area contributed by atoms with Crippen molar-refractivity contribution in [2.45, 2.75) is 38.5 Å². The summed E-state index contributed by atoms with van der Waals surface area (Å²) >= 11 is 3.60. The van der Waals surface area contributed by atoms with Crippen LogP contribution in [0.3, 0.4) is 0 Å². The Kier molecular flexibility index (Phi) is 4.19. The van der Waals surface area contributed by atoms with Gasteiger partial charge in [-0.05, 0) is 30.5 Å². The van der Waals surface area contributed by atoms with Crippen molar-refractivity contribution in [3.8, 4) is 0 Å². The second kappa shape index (κ2) is 5.53. The standard InChI is InChI=1S/C15H20BrNO2/c1-15(2,10-13(18)19)14-11(16)6-5-7-12(14)17-8-3-4-9-17/h5-7H,3-4,8-10H2,1-2H3,(H,18,19). The van der Waals surface area contributed by atoms with Crippen molar-refractivity contribution < 1.29 is 9.90 Å². The van der Waals surface area contributed by atoms with E-state index in [0.29, 0.717) is 0 Å². The molecular formula is C15H20BrNO2. The maximum absolute atomic E-state index is 11.1. The van der Waals surface area contributed by atoms with E-state index in [9.17, 15) is 4.79 Å². The third-order valence-corrected chi connectivity index (χ3v) is 4.37. The Morgan fingerprint density at radius 1 is 1.37 bits per heavy atom. The third kappa shape index (κ3) is 3.11. The van der Waals surface area contributed by atoms with Crippen LogP contribution < -0.4 is 4.90 Å². The summed E-state index contributed by atoms with van der Waals surface area (Å²) in [6, 6.07) is 6.13. The first kappa shape index (κ1) is 14.4. The molecule has 0 unspecified atom stereocenters. The molecule has 1 fully saturated rings. The predicted molar refractivity (Wildman–Crippen MR) is 80.9 cm³/mol. The number of carboxylic acids is 1. The molecule has 0 saturated carbocycles. The number of hydrogen-bond acceptors (Lipinski definition) is 2. The first-order valence-electron chi connectivity index (χ1n) is 6.67. The first-order chi connectivity index (χ1) is 8.92. The maximum atomic E-state index is 11.1. The zero-order valence-electron chi connectivity index (χ0n) is 11.4. The summed E-state index contributed by atoms with van der Waals surface area (Å²) in [4.78, 5) is 13.5. The molecule has 19 heavy (non-hydrogen) atoms. The highest BCUT2D eigenvalue weighted by molar-refractivity contribution is 9.10. The molecule has 0 aliphatic carbocycles.